The lowest BCUT2D eigenvalue weighted by Gasteiger charge is -2.21. The highest BCUT2D eigenvalue weighted by molar-refractivity contribution is 5.27. The van der Waals surface area contributed by atoms with Crippen molar-refractivity contribution in [2.24, 2.45) is 5.90 Å². The number of nitrogens with two attached hydrogens (primary N) is 1. The van der Waals surface area contributed by atoms with Crippen LogP contribution in [0.2, 0.25) is 0 Å². The molecule has 1 atom stereocenters. The first-order chi connectivity index (χ1) is 10.9. The summed E-state index contributed by atoms with van der Waals surface area (Å²) in [5.41, 5.74) is 1.25. The molecule has 7 heteroatoms. The molecule has 0 aliphatic carbocycles. The Hall–Kier alpha value is -1.22. The molecule has 2 rings (SSSR count). The van der Waals surface area contributed by atoms with Crippen LogP contribution in [0.5, 0.6) is 5.75 Å². The van der Waals surface area contributed by atoms with Gasteiger partial charge in [-0.25, -0.2) is 0 Å². The molecule has 1 aromatic carbocycles. The predicted molar refractivity (Wildman–Crippen MR) is 86.4 cm³/mol. The maximum Gasteiger partial charge on any atom is 0.167 e. The van der Waals surface area contributed by atoms with Crippen LogP contribution in [0.25, 0.3) is 0 Å². The van der Waals surface area contributed by atoms with Crippen molar-refractivity contribution in [1.82, 2.24) is 21.3 Å². The minimum atomic E-state index is 0.402. The van der Waals surface area contributed by atoms with Gasteiger partial charge in [0, 0.05) is 51.9 Å². The van der Waals surface area contributed by atoms with E-state index in [1.165, 1.54) is 5.56 Å². The molecule has 1 unspecified atom stereocenters. The fourth-order valence-corrected chi connectivity index (χ4v) is 2.48. The van der Waals surface area contributed by atoms with Gasteiger partial charge < -0.3 is 26.2 Å². The van der Waals surface area contributed by atoms with Gasteiger partial charge in [-0.1, -0.05) is 17.1 Å². The maximum absolute atomic E-state index is 4.88. The average Bonchev–Trinajstić information content (AvgIpc) is 2.52. The lowest BCUT2D eigenvalue weighted by atomic mass is 10.1. The van der Waals surface area contributed by atoms with Gasteiger partial charge in [0.15, 0.2) is 5.75 Å². The van der Waals surface area contributed by atoms with Gasteiger partial charge in [-0.15, -0.1) is 0 Å². The Morgan fingerprint density at radius 1 is 0.909 bits per heavy atom. The third kappa shape index (κ3) is 6.69. The summed E-state index contributed by atoms with van der Waals surface area (Å²) >= 11 is 0. The molecule has 6 N–H and O–H groups in total. The van der Waals surface area contributed by atoms with Gasteiger partial charge in [-0.2, -0.15) is 5.90 Å². The zero-order valence-electron chi connectivity index (χ0n) is 12.9. The lowest BCUT2D eigenvalue weighted by molar-refractivity contribution is -0.211. The molecular formula is C15H27N5O2. The Morgan fingerprint density at radius 3 is 2.23 bits per heavy atom. The van der Waals surface area contributed by atoms with Crippen LogP contribution in [0.15, 0.2) is 24.3 Å². The Morgan fingerprint density at radius 2 is 1.55 bits per heavy atom. The quantitative estimate of drug-likeness (QED) is 0.366. The molecular weight excluding hydrogens is 282 g/mol. The molecule has 0 radical (unpaired) electrons. The van der Waals surface area contributed by atoms with Gasteiger partial charge in [0.25, 0.3) is 0 Å². The highest BCUT2D eigenvalue weighted by Gasteiger charge is 2.09. The largest absolute Gasteiger partial charge is 0.320 e. The fraction of sp³-hybridized carbons (Fsp3) is 0.600. The summed E-state index contributed by atoms with van der Waals surface area (Å²) in [7, 11) is 0. The summed E-state index contributed by atoms with van der Waals surface area (Å²) in [4.78, 5) is 8.94. The molecule has 1 fully saturated rings. The monoisotopic (exact) mass is 309 g/mol. The Bertz CT molecular complexity index is 389. The third-order valence-corrected chi connectivity index (χ3v) is 3.63. The zero-order valence-corrected chi connectivity index (χ0v) is 12.9. The molecule has 124 valence electrons. The summed E-state index contributed by atoms with van der Waals surface area (Å²) in [6.45, 7) is 6.92. The average molecular weight is 309 g/mol. The molecule has 1 aliphatic heterocycles. The standard InChI is InChI=1S/C15H27N5O2/c16-22-21-15-3-1-13(2-4-15)11-14-12-19-8-7-17-5-6-18-9-10-20-14/h1-4,14,17-20H,5-12,16H2. The van der Waals surface area contributed by atoms with E-state index in [1.807, 2.05) is 24.3 Å². The first kappa shape index (κ1) is 17.1. The first-order valence-corrected chi connectivity index (χ1v) is 7.86. The summed E-state index contributed by atoms with van der Waals surface area (Å²) in [5.74, 6) is 5.48. The number of hydrogen-bond donors (Lipinski definition) is 5. The second kappa shape index (κ2) is 10.5. The van der Waals surface area contributed by atoms with Crippen LogP contribution in [0.3, 0.4) is 0 Å². The normalized spacial score (nSPS) is 21.6. The minimum Gasteiger partial charge on any atom is -0.320 e. The van der Waals surface area contributed by atoms with E-state index in [0.29, 0.717) is 11.8 Å². The van der Waals surface area contributed by atoms with Gasteiger partial charge in [0.1, 0.15) is 0 Å². The summed E-state index contributed by atoms with van der Waals surface area (Å²) < 4.78 is 0. The van der Waals surface area contributed by atoms with Crippen molar-refractivity contribution in [1.29, 1.82) is 0 Å². The van der Waals surface area contributed by atoms with Gasteiger partial charge in [-0.05, 0) is 24.1 Å². The molecule has 1 heterocycles. The highest BCUT2D eigenvalue weighted by Crippen LogP contribution is 2.13. The molecule has 0 bridgehead atoms. The third-order valence-electron chi connectivity index (χ3n) is 3.63. The number of rotatable bonds is 4. The number of nitrogens with one attached hydrogen (secondary N) is 4. The van der Waals surface area contributed by atoms with E-state index in [0.717, 1.165) is 52.2 Å². The number of hydrogen-bond acceptors (Lipinski definition) is 7. The van der Waals surface area contributed by atoms with E-state index in [2.05, 4.69) is 26.3 Å². The Labute approximate surface area is 131 Å². The molecule has 1 aliphatic rings. The van der Waals surface area contributed by atoms with Crippen LogP contribution in [0, 0.1) is 0 Å². The summed E-state index contributed by atoms with van der Waals surface area (Å²) in [5, 5.41) is 13.9. The minimum absolute atomic E-state index is 0.402. The zero-order chi connectivity index (χ0) is 15.5. The van der Waals surface area contributed by atoms with E-state index >= 15 is 0 Å². The van der Waals surface area contributed by atoms with Gasteiger partial charge in [0.2, 0.25) is 0 Å². The second-order valence-corrected chi connectivity index (χ2v) is 5.38. The first-order valence-electron chi connectivity index (χ1n) is 7.86. The van der Waals surface area contributed by atoms with Crippen molar-refractivity contribution >= 4 is 0 Å². The molecule has 0 saturated carbocycles. The van der Waals surface area contributed by atoms with E-state index in [4.69, 9.17) is 10.8 Å². The van der Waals surface area contributed by atoms with Crippen molar-refractivity contribution in [3.8, 4) is 5.75 Å². The SMILES string of the molecule is NOOc1ccc(CC2CNCCNCCNCCN2)cc1. The summed E-state index contributed by atoms with van der Waals surface area (Å²) in [6, 6.07) is 8.18. The van der Waals surface area contributed by atoms with Crippen LogP contribution < -0.4 is 32.1 Å². The van der Waals surface area contributed by atoms with Gasteiger partial charge in [0.05, 0.1) is 0 Å². The summed E-state index contributed by atoms with van der Waals surface area (Å²) in [6.07, 6.45) is 0.962. The Balaban J connectivity index is 1.83. The fourth-order valence-electron chi connectivity index (χ4n) is 2.48. The van der Waals surface area contributed by atoms with Crippen LogP contribution in [0.4, 0.5) is 0 Å². The molecule has 0 spiro atoms. The van der Waals surface area contributed by atoms with Crippen molar-refractivity contribution in [2.45, 2.75) is 12.5 Å². The molecule has 0 amide bonds. The maximum atomic E-state index is 4.88. The van der Waals surface area contributed by atoms with Crippen molar-refractivity contribution in [3.63, 3.8) is 0 Å². The van der Waals surface area contributed by atoms with E-state index in [-0.39, 0.29) is 0 Å². The van der Waals surface area contributed by atoms with Crippen LogP contribution in [0.1, 0.15) is 5.56 Å². The van der Waals surface area contributed by atoms with E-state index in [9.17, 15) is 0 Å². The van der Waals surface area contributed by atoms with Crippen molar-refractivity contribution < 1.29 is 9.88 Å². The van der Waals surface area contributed by atoms with E-state index in [1.54, 1.807) is 0 Å². The molecule has 1 saturated heterocycles. The van der Waals surface area contributed by atoms with Crippen LogP contribution in [-0.4, -0.2) is 51.9 Å². The van der Waals surface area contributed by atoms with Crippen molar-refractivity contribution in [2.75, 3.05) is 45.8 Å². The highest BCUT2D eigenvalue weighted by atomic mass is 17.3. The lowest BCUT2D eigenvalue weighted by Crippen LogP contribution is -2.46. The predicted octanol–water partition coefficient (Wildman–Crippen LogP) is -0.846. The van der Waals surface area contributed by atoms with Crippen LogP contribution >= 0.6 is 0 Å². The molecule has 7 nitrogen and oxygen atoms in total. The molecule has 1 aromatic rings. The topological polar surface area (TPSA) is 92.6 Å². The molecule has 22 heavy (non-hydrogen) atoms. The van der Waals surface area contributed by atoms with E-state index < -0.39 is 0 Å². The Kier molecular flexibility index (Phi) is 8.18. The second-order valence-electron chi connectivity index (χ2n) is 5.38. The van der Waals surface area contributed by atoms with Crippen molar-refractivity contribution in [3.05, 3.63) is 29.8 Å². The van der Waals surface area contributed by atoms with Gasteiger partial charge >= 0.3 is 0 Å². The van der Waals surface area contributed by atoms with Gasteiger partial charge in [-0.3, -0.25) is 0 Å². The van der Waals surface area contributed by atoms with Crippen LogP contribution in [-0.2, 0) is 11.4 Å². The molecule has 0 aromatic heterocycles. The number of benzene rings is 1. The smallest absolute Gasteiger partial charge is 0.167 e.